The van der Waals surface area contributed by atoms with Crippen LogP contribution in [0.5, 0.6) is 0 Å². The van der Waals surface area contributed by atoms with E-state index in [1.807, 2.05) is 6.08 Å². The SMILES string of the molecule is CCCCCCCCCCCCCCCCCCCC/C=C/C(O)C(COC1OC(CO)C(OC2OC(CO)C(O)C(O)C2O)C(O)C1O)NC(=O)CCCCCCCCCC. The predicted octanol–water partition coefficient (Wildman–Crippen LogP) is 5.99. The molecule has 62 heavy (non-hydrogen) atoms. The van der Waals surface area contributed by atoms with Gasteiger partial charge in [0, 0.05) is 6.42 Å². The zero-order valence-corrected chi connectivity index (χ0v) is 38.6. The molecule has 366 valence electrons. The highest BCUT2D eigenvalue weighted by Crippen LogP contribution is 2.30. The van der Waals surface area contributed by atoms with E-state index in [4.69, 9.17) is 18.9 Å². The van der Waals surface area contributed by atoms with Gasteiger partial charge in [0.15, 0.2) is 12.6 Å². The van der Waals surface area contributed by atoms with E-state index in [0.29, 0.717) is 6.42 Å². The molecule has 2 aliphatic rings. The van der Waals surface area contributed by atoms with Crippen LogP contribution in [0.2, 0.25) is 0 Å². The normalized spacial score (nSPS) is 27.8. The van der Waals surface area contributed by atoms with Gasteiger partial charge in [0.05, 0.1) is 32.0 Å². The number of unbranched alkanes of at least 4 members (excludes halogenated alkanes) is 25. The summed E-state index contributed by atoms with van der Waals surface area (Å²) in [6.45, 7) is 2.75. The Balaban J connectivity index is 1.81. The maximum atomic E-state index is 13.0. The van der Waals surface area contributed by atoms with E-state index in [0.717, 1.165) is 38.5 Å². The van der Waals surface area contributed by atoms with E-state index in [-0.39, 0.29) is 18.9 Å². The number of aliphatic hydroxyl groups excluding tert-OH is 8. The van der Waals surface area contributed by atoms with Crippen molar-refractivity contribution in [1.29, 1.82) is 0 Å². The van der Waals surface area contributed by atoms with Crippen LogP contribution in [0.15, 0.2) is 12.2 Å². The summed E-state index contributed by atoms with van der Waals surface area (Å²) in [7, 11) is 0. The molecule has 12 unspecified atom stereocenters. The van der Waals surface area contributed by atoms with Crippen molar-refractivity contribution in [3.63, 3.8) is 0 Å². The molecule has 9 N–H and O–H groups in total. The molecule has 0 aliphatic carbocycles. The number of allylic oxidation sites excluding steroid dienone is 1. The van der Waals surface area contributed by atoms with E-state index in [1.165, 1.54) is 128 Å². The first kappa shape index (κ1) is 56.9. The van der Waals surface area contributed by atoms with E-state index >= 15 is 0 Å². The van der Waals surface area contributed by atoms with Gasteiger partial charge in [0.1, 0.15) is 48.8 Å². The summed E-state index contributed by atoms with van der Waals surface area (Å²) in [4.78, 5) is 13.0. The lowest BCUT2D eigenvalue weighted by atomic mass is 9.97. The summed E-state index contributed by atoms with van der Waals surface area (Å²) >= 11 is 0. The average Bonchev–Trinajstić information content (AvgIpc) is 3.27. The van der Waals surface area contributed by atoms with Gasteiger partial charge in [0.2, 0.25) is 5.91 Å². The average molecular weight is 890 g/mol. The second kappa shape index (κ2) is 35.9. The molecule has 2 rings (SSSR count). The zero-order valence-electron chi connectivity index (χ0n) is 38.6. The number of amides is 1. The molecule has 0 aromatic heterocycles. The lowest BCUT2D eigenvalue weighted by Crippen LogP contribution is -2.65. The van der Waals surface area contributed by atoms with Gasteiger partial charge >= 0.3 is 0 Å². The molecule has 0 bridgehead atoms. The molecule has 0 spiro atoms. The van der Waals surface area contributed by atoms with E-state index in [9.17, 15) is 45.6 Å². The summed E-state index contributed by atoms with van der Waals surface area (Å²) in [6.07, 6.45) is 19.9. The topological polar surface area (TPSA) is 228 Å². The third kappa shape index (κ3) is 23.3. The molecule has 1 amide bonds. The van der Waals surface area contributed by atoms with Gasteiger partial charge in [-0.15, -0.1) is 0 Å². The molecule has 0 aromatic carbocycles. The second-order valence-electron chi connectivity index (χ2n) is 18.0. The second-order valence-corrected chi connectivity index (χ2v) is 18.0. The molecule has 0 saturated carbocycles. The Hall–Kier alpha value is -1.27. The van der Waals surface area contributed by atoms with Crippen LogP contribution in [-0.4, -0.2) is 140 Å². The highest BCUT2D eigenvalue weighted by Gasteiger charge is 2.51. The van der Waals surface area contributed by atoms with Crippen molar-refractivity contribution in [3.05, 3.63) is 12.2 Å². The Labute approximate surface area is 374 Å². The van der Waals surface area contributed by atoms with Gasteiger partial charge in [-0.25, -0.2) is 0 Å². The van der Waals surface area contributed by atoms with Gasteiger partial charge in [0.25, 0.3) is 0 Å². The summed E-state index contributed by atoms with van der Waals surface area (Å²) < 4.78 is 22.6. The van der Waals surface area contributed by atoms with Crippen LogP contribution < -0.4 is 5.32 Å². The van der Waals surface area contributed by atoms with Crippen LogP contribution in [0.25, 0.3) is 0 Å². The van der Waals surface area contributed by atoms with Gasteiger partial charge in [-0.3, -0.25) is 4.79 Å². The summed E-state index contributed by atoms with van der Waals surface area (Å²) in [6, 6.07) is -0.906. The van der Waals surface area contributed by atoms with Crippen LogP contribution in [0, 0.1) is 0 Å². The van der Waals surface area contributed by atoms with Crippen LogP contribution in [-0.2, 0) is 23.7 Å². The van der Waals surface area contributed by atoms with Crippen molar-refractivity contribution in [3.8, 4) is 0 Å². The molecule has 2 heterocycles. The largest absolute Gasteiger partial charge is 0.394 e. The maximum Gasteiger partial charge on any atom is 0.220 e. The first-order chi connectivity index (χ1) is 30.1. The Morgan fingerprint density at radius 3 is 1.48 bits per heavy atom. The Kier molecular flexibility index (Phi) is 32.9. The minimum Gasteiger partial charge on any atom is -0.394 e. The Morgan fingerprint density at radius 2 is 1.00 bits per heavy atom. The number of rotatable bonds is 38. The maximum absolute atomic E-state index is 13.0. The van der Waals surface area contributed by atoms with Crippen LogP contribution in [0.4, 0.5) is 0 Å². The smallest absolute Gasteiger partial charge is 0.220 e. The number of carbonyl (C=O) groups is 1. The van der Waals surface area contributed by atoms with Crippen molar-refractivity contribution < 1.29 is 64.6 Å². The molecular formula is C48H91NO13. The molecular weight excluding hydrogens is 799 g/mol. The predicted molar refractivity (Wildman–Crippen MR) is 240 cm³/mol. The minimum atomic E-state index is -1.78. The number of hydrogen-bond acceptors (Lipinski definition) is 13. The van der Waals surface area contributed by atoms with E-state index in [2.05, 4.69) is 19.2 Å². The molecule has 14 nitrogen and oxygen atoms in total. The summed E-state index contributed by atoms with van der Waals surface area (Å²) in [5.41, 5.74) is 0. The van der Waals surface area contributed by atoms with Gasteiger partial charge < -0.3 is 65.1 Å². The molecule has 14 heteroatoms. The fourth-order valence-corrected chi connectivity index (χ4v) is 8.35. The van der Waals surface area contributed by atoms with Gasteiger partial charge in [-0.2, -0.15) is 0 Å². The summed E-state index contributed by atoms with van der Waals surface area (Å²) in [5.74, 6) is -0.244. The Bertz CT molecular complexity index is 1100. The molecule has 2 saturated heterocycles. The lowest BCUT2D eigenvalue weighted by Gasteiger charge is -2.46. The first-order valence-electron chi connectivity index (χ1n) is 24.9. The number of aliphatic hydroxyl groups is 8. The number of nitrogens with one attached hydrogen (secondary N) is 1. The molecule has 2 fully saturated rings. The third-order valence-corrected chi connectivity index (χ3v) is 12.5. The fraction of sp³-hybridized carbons (Fsp3) is 0.938. The van der Waals surface area contributed by atoms with Gasteiger partial charge in [-0.05, 0) is 19.3 Å². The Morgan fingerprint density at radius 1 is 0.565 bits per heavy atom. The highest BCUT2D eigenvalue weighted by atomic mass is 16.7. The zero-order chi connectivity index (χ0) is 45.4. The highest BCUT2D eigenvalue weighted by molar-refractivity contribution is 5.76. The van der Waals surface area contributed by atoms with Crippen molar-refractivity contribution in [2.75, 3.05) is 19.8 Å². The number of hydrogen-bond donors (Lipinski definition) is 9. The molecule has 0 aromatic rings. The molecule has 2 aliphatic heterocycles. The minimum absolute atomic E-state index is 0.244. The standard InChI is InChI=1S/C48H91NO13/c1-3-5-7-9-11-13-14-15-16-17-18-19-20-21-22-23-24-25-27-29-31-37(52)36(49-40(53)32-30-28-26-12-10-8-6-4-2)35-59-47-45(58)43(56)46(39(34-51)61-47)62-48-44(57)42(55)41(54)38(33-50)60-48/h29,31,36-39,41-48,50-52,54-58H,3-28,30,32-35H2,1-2H3,(H,49,53)/b31-29+. The van der Waals surface area contributed by atoms with Crippen molar-refractivity contribution in [2.45, 2.75) is 267 Å². The monoisotopic (exact) mass is 890 g/mol. The van der Waals surface area contributed by atoms with Crippen molar-refractivity contribution in [2.24, 2.45) is 0 Å². The van der Waals surface area contributed by atoms with Crippen LogP contribution in [0.1, 0.15) is 194 Å². The van der Waals surface area contributed by atoms with E-state index < -0.39 is 86.8 Å². The number of ether oxygens (including phenoxy) is 4. The van der Waals surface area contributed by atoms with Crippen LogP contribution in [0.3, 0.4) is 0 Å². The van der Waals surface area contributed by atoms with E-state index in [1.54, 1.807) is 6.08 Å². The number of carbonyl (C=O) groups excluding carboxylic acids is 1. The molecule has 12 atom stereocenters. The van der Waals surface area contributed by atoms with Crippen molar-refractivity contribution in [1.82, 2.24) is 5.32 Å². The van der Waals surface area contributed by atoms with Crippen LogP contribution >= 0.6 is 0 Å². The quantitative estimate of drug-likeness (QED) is 0.0257. The third-order valence-electron chi connectivity index (χ3n) is 12.5. The summed E-state index contributed by atoms with van der Waals surface area (Å²) in [5, 5.41) is 86.5. The first-order valence-corrected chi connectivity index (χ1v) is 24.9. The molecule has 0 radical (unpaired) electrons. The lowest BCUT2D eigenvalue weighted by molar-refractivity contribution is -0.359. The fourth-order valence-electron chi connectivity index (χ4n) is 8.35. The van der Waals surface area contributed by atoms with Gasteiger partial charge in [-0.1, -0.05) is 180 Å². The van der Waals surface area contributed by atoms with Crippen molar-refractivity contribution >= 4 is 5.91 Å².